The van der Waals surface area contributed by atoms with E-state index in [1.807, 2.05) is 19.1 Å². The van der Waals surface area contributed by atoms with Crippen molar-refractivity contribution in [2.24, 2.45) is 0 Å². The van der Waals surface area contributed by atoms with Crippen LogP contribution in [0, 0.1) is 0 Å². The minimum Gasteiger partial charge on any atom is -0.496 e. The summed E-state index contributed by atoms with van der Waals surface area (Å²) in [4.78, 5) is 10.5. The minimum atomic E-state index is -0.984. The van der Waals surface area contributed by atoms with Crippen molar-refractivity contribution in [2.45, 2.75) is 19.4 Å². The Hall–Kier alpha value is -1.97. The molecule has 0 aromatic heterocycles. The number of ether oxygens (including phenoxy) is 2. The van der Waals surface area contributed by atoms with Gasteiger partial charge in [0.2, 0.25) is 0 Å². The summed E-state index contributed by atoms with van der Waals surface area (Å²) in [6.07, 6.45) is 3.61. The van der Waals surface area contributed by atoms with Gasteiger partial charge in [0.15, 0.2) is 0 Å². The lowest BCUT2D eigenvalue weighted by atomic mass is 10.1. The van der Waals surface area contributed by atoms with E-state index in [-0.39, 0.29) is 6.10 Å². The van der Waals surface area contributed by atoms with E-state index in [0.29, 0.717) is 11.3 Å². The van der Waals surface area contributed by atoms with Crippen molar-refractivity contribution in [3.63, 3.8) is 0 Å². The van der Waals surface area contributed by atoms with E-state index in [1.165, 1.54) is 6.08 Å². The highest BCUT2D eigenvalue weighted by Crippen LogP contribution is 2.35. The second kappa shape index (κ2) is 4.49. The summed E-state index contributed by atoms with van der Waals surface area (Å²) in [5.74, 6) is 0.490. The summed E-state index contributed by atoms with van der Waals surface area (Å²) in [7, 11) is 1.57. The molecule has 1 atom stereocenters. The molecular weight excluding hydrogens is 220 g/mol. The van der Waals surface area contributed by atoms with Crippen LogP contribution < -0.4 is 9.47 Å². The van der Waals surface area contributed by atoms with E-state index in [0.717, 1.165) is 23.8 Å². The molecule has 4 nitrogen and oxygen atoms in total. The standard InChI is InChI=1S/C13H14O4/c1-8-5-10-7-11(16-2)9(3-4-13(14)15)6-12(10)17-8/h3-4,6-8H,5H2,1-2H3,(H,14,15)/b4-3+/t8-/m0/s1. The summed E-state index contributed by atoms with van der Waals surface area (Å²) >= 11 is 0. The number of aliphatic carboxylic acids is 1. The van der Waals surface area contributed by atoms with Crippen LogP contribution in [-0.4, -0.2) is 24.3 Å². The van der Waals surface area contributed by atoms with Crippen LogP contribution in [0.3, 0.4) is 0 Å². The van der Waals surface area contributed by atoms with E-state index in [4.69, 9.17) is 14.6 Å². The van der Waals surface area contributed by atoms with Crippen LogP contribution in [0.2, 0.25) is 0 Å². The molecule has 1 heterocycles. The zero-order valence-corrected chi connectivity index (χ0v) is 9.77. The molecule has 17 heavy (non-hydrogen) atoms. The van der Waals surface area contributed by atoms with Crippen molar-refractivity contribution >= 4 is 12.0 Å². The predicted octanol–water partition coefficient (Wildman–Crippen LogP) is 2.12. The predicted molar refractivity (Wildman–Crippen MR) is 63.5 cm³/mol. The van der Waals surface area contributed by atoms with Crippen LogP contribution in [-0.2, 0) is 11.2 Å². The Morgan fingerprint density at radius 3 is 3.00 bits per heavy atom. The van der Waals surface area contributed by atoms with Crippen LogP contribution in [0.5, 0.6) is 11.5 Å². The highest BCUT2D eigenvalue weighted by atomic mass is 16.5. The van der Waals surface area contributed by atoms with Crippen LogP contribution >= 0.6 is 0 Å². The molecule has 1 aromatic carbocycles. The van der Waals surface area contributed by atoms with Crippen molar-refractivity contribution in [1.29, 1.82) is 0 Å². The summed E-state index contributed by atoms with van der Waals surface area (Å²) in [5.41, 5.74) is 1.81. The maximum atomic E-state index is 10.5. The second-order valence-corrected chi connectivity index (χ2v) is 4.01. The molecule has 1 aromatic rings. The van der Waals surface area contributed by atoms with Gasteiger partial charge in [-0.3, -0.25) is 0 Å². The van der Waals surface area contributed by atoms with Crippen molar-refractivity contribution < 1.29 is 19.4 Å². The van der Waals surface area contributed by atoms with Crippen LogP contribution in [0.1, 0.15) is 18.1 Å². The van der Waals surface area contributed by atoms with Gasteiger partial charge in [0.1, 0.15) is 17.6 Å². The number of fused-ring (bicyclic) bond motifs is 1. The first kappa shape index (κ1) is 11.5. The van der Waals surface area contributed by atoms with E-state index < -0.39 is 5.97 Å². The first-order valence-electron chi connectivity index (χ1n) is 5.38. The zero-order valence-electron chi connectivity index (χ0n) is 9.77. The smallest absolute Gasteiger partial charge is 0.328 e. The Labute approximate surface area is 99.5 Å². The van der Waals surface area contributed by atoms with Gasteiger partial charge in [-0.15, -0.1) is 0 Å². The molecule has 90 valence electrons. The molecule has 0 fully saturated rings. The second-order valence-electron chi connectivity index (χ2n) is 4.01. The van der Waals surface area contributed by atoms with E-state index in [9.17, 15) is 4.79 Å². The van der Waals surface area contributed by atoms with Gasteiger partial charge in [-0.05, 0) is 25.1 Å². The first-order chi connectivity index (χ1) is 8.10. The molecule has 0 bridgehead atoms. The van der Waals surface area contributed by atoms with Crippen molar-refractivity contribution in [1.82, 2.24) is 0 Å². The number of hydrogen-bond acceptors (Lipinski definition) is 3. The molecular formula is C13H14O4. The van der Waals surface area contributed by atoms with Crippen molar-refractivity contribution in [3.8, 4) is 11.5 Å². The van der Waals surface area contributed by atoms with Crippen LogP contribution in [0.15, 0.2) is 18.2 Å². The maximum absolute atomic E-state index is 10.5. The SMILES string of the molecule is COc1cc2c(cc1/C=C/C(=O)O)O[C@@H](C)C2. The summed E-state index contributed by atoms with van der Waals surface area (Å²) in [5, 5.41) is 8.62. The van der Waals surface area contributed by atoms with Gasteiger partial charge in [-0.1, -0.05) is 0 Å². The van der Waals surface area contributed by atoms with Gasteiger partial charge >= 0.3 is 5.97 Å². The van der Waals surface area contributed by atoms with Gasteiger partial charge in [0.05, 0.1) is 7.11 Å². The minimum absolute atomic E-state index is 0.161. The third-order valence-corrected chi connectivity index (χ3v) is 2.65. The fourth-order valence-corrected chi connectivity index (χ4v) is 1.92. The third-order valence-electron chi connectivity index (χ3n) is 2.65. The molecule has 0 radical (unpaired) electrons. The Kier molecular flexibility index (Phi) is 3.04. The number of benzene rings is 1. The van der Waals surface area contributed by atoms with Crippen molar-refractivity contribution in [2.75, 3.05) is 7.11 Å². The van der Waals surface area contributed by atoms with Gasteiger partial charge in [-0.2, -0.15) is 0 Å². The average Bonchev–Trinajstić information content (AvgIpc) is 2.63. The number of methoxy groups -OCH3 is 1. The monoisotopic (exact) mass is 234 g/mol. The summed E-state index contributed by atoms with van der Waals surface area (Å²) in [6, 6.07) is 3.72. The maximum Gasteiger partial charge on any atom is 0.328 e. The Balaban J connectivity index is 2.39. The highest BCUT2D eigenvalue weighted by molar-refractivity contribution is 5.86. The number of carbonyl (C=O) groups is 1. The lowest BCUT2D eigenvalue weighted by Gasteiger charge is -2.07. The zero-order chi connectivity index (χ0) is 12.4. The Bertz CT molecular complexity index is 477. The molecule has 0 amide bonds. The lowest BCUT2D eigenvalue weighted by molar-refractivity contribution is -0.131. The quantitative estimate of drug-likeness (QED) is 0.814. The molecule has 0 saturated heterocycles. The summed E-state index contributed by atoms with van der Waals surface area (Å²) < 4.78 is 10.9. The highest BCUT2D eigenvalue weighted by Gasteiger charge is 2.20. The molecule has 0 saturated carbocycles. The molecule has 0 aliphatic carbocycles. The Morgan fingerprint density at radius 1 is 1.59 bits per heavy atom. The third kappa shape index (κ3) is 2.41. The van der Waals surface area contributed by atoms with Crippen LogP contribution in [0.4, 0.5) is 0 Å². The number of rotatable bonds is 3. The topological polar surface area (TPSA) is 55.8 Å². The van der Waals surface area contributed by atoms with Gasteiger partial charge in [0, 0.05) is 23.6 Å². The van der Waals surface area contributed by atoms with Gasteiger partial charge < -0.3 is 14.6 Å². The molecule has 1 aliphatic rings. The van der Waals surface area contributed by atoms with E-state index >= 15 is 0 Å². The van der Waals surface area contributed by atoms with Gasteiger partial charge in [-0.25, -0.2) is 4.79 Å². The fraction of sp³-hybridized carbons (Fsp3) is 0.308. The molecule has 0 unspecified atom stereocenters. The molecule has 0 spiro atoms. The lowest BCUT2D eigenvalue weighted by Crippen LogP contribution is -2.05. The Morgan fingerprint density at radius 2 is 2.35 bits per heavy atom. The number of carboxylic acid groups (broad SMARTS) is 1. The fourth-order valence-electron chi connectivity index (χ4n) is 1.92. The summed E-state index contributed by atoms with van der Waals surface area (Å²) in [6.45, 7) is 2.00. The van der Waals surface area contributed by atoms with E-state index in [1.54, 1.807) is 7.11 Å². The van der Waals surface area contributed by atoms with E-state index in [2.05, 4.69) is 0 Å². The van der Waals surface area contributed by atoms with Crippen LogP contribution in [0.25, 0.3) is 6.08 Å². The molecule has 1 N–H and O–H groups in total. The number of hydrogen-bond donors (Lipinski definition) is 1. The largest absolute Gasteiger partial charge is 0.496 e. The molecule has 2 rings (SSSR count). The first-order valence-corrected chi connectivity index (χ1v) is 5.38. The number of carboxylic acids is 1. The molecule has 4 heteroatoms. The van der Waals surface area contributed by atoms with Gasteiger partial charge in [0.25, 0.3) is 0 Å². The average molecular weight is 234 g/mol. The normalized spacial score (nSPS) is 17.9. The van der Waals surface area contributed by atoms with Crippen molar-refractivity contribution in [3.05, 3.63) is 29.3 Å². The molecule has 1 aliphatic heterocycles.